The van der Waals surface area contributed by atoms with Crippen LogP contribution >= 0.6 is 0 Å². The minimum Gasteiger partial charge on any atom is -0.496 e. The van der Waals surface area contributed by atoms with E-state index in [1.165, 1.54) is 0 Å². The van der Waals surface area contributed by atoms with Crippen LogP contribution in [0.2, 0.25) is 0 Å². The van der Waals surface area contributed by atoms with E-state index in [4.69, 9.17) is 15.2 Å². The van der Waals surface area contributed by atoms with Crippen molar-refractivity contribution in [1.29, 1.82) is 0 Å². The Labute approximate surface area is 101 Å². The van der Waals surface area contributed by atoms with E-state index in [0.717, 1.165) is 22.4 Å². The smallest absolute Gasteiger partial charge is 0.323 e. The Kier molecular flexibility index (Phi) is 3.07. The predicted octanol–water partition coefficient (Wildman–Crippen LogP) is 1.63. The molecule has 1 fully saturated rings. The van der Waals surface area contributed by atoms with Gasteiger partial charge in [-0.05, 0) is 42.7 Å². The van der Waals surface area contributed by atoms with Crippen LogP contribution in [-0.4, -0.2) is 19.1 Å². The van der Waals surface area contributed by atoms with E-state index >= 15 is 0 Å². The van der Waals surface area contributed by atoms with Crippen LogP contribution in [0, 0.1) is 13.8 Å². The molecule has 1 saturated heterocycles. The summed E-state index contributed by atoms with van der Waals surface area (Å²) in [6.45, 7) is 3.95. The topological polar surface area (TPSA) is 61.5 Å². The first-order valence-electron chi connectivity index (χ1n) is 5.64. The number of hydrogen-bond acceptors (Lipinski definition) is 4. The molecule has 4 nitrogen and oxygen atoms in total. The Morgan fingerprint density at radius 2 is 2.06 bits per heavy atom. The molecule has 0 amide bonds. The second-order valence-electron chi connectivity index (χ2n) is 4.45. The number of esters is 1. The molecule has 0 spiro atoms. The van der Waals surface area contributed by atoms with Gasteiger partial charge in [0.1, 0.15) is 17.9 Å². The fourth-order valence-electron chi connectivity index (χ4n) is 2.17. The van der Waals surface area contributed by atoms with Gasteiger partial charge in [0.2, 0.25) is 0 Å². The molecule has 2 N–H and O–H groups in total. The highest BCUT2D eigenvalue weighted by atomic mass is 16.6. The lowest BCUT2D eigenvalue weighted by atomic mass is 9.97. The van der Waals surface area contributed by atoms with Crippen molar-refractivity contribution < 1.29 is 14.3 Å². The van der Waals surface area contributed by atoms with Crippen LogP contribution in [0.1, 0.15) is 29.2 Å². The molecule has 4 heteroatoms. The van der Waals surface area contributed by atoms with Gasteiger partial charge in [0.15, 0.2) is 0 Å². The van der Waals surface area contributed by atoms with E-state index in [-0.39, 0.29) is 12.1 Å². The molecular weight excluding hydrogens is 218 g/mol. The van der Waals surface area contributed by atoms with Gasteiger partial charge >= 0.3 is 5.97 Å². The molecule has 2 rings (SSSR count). The van der Waals surface area contributed by atoms with Gasteiger partial charge in [-0.2, -0.15) is 0 Å². The molecule has 0 saturated carbocycles. The number of rotatable bonds is 2. The summed E-state index contributed by atoms with van der Waals surface area (Å²) in [6.07, 6.45) is 0.327. The summed E-state index contributed by atoms with van der Waals surface area (Å²) >= 11 is 0. The maximum atomic E-state index is 11.3. The third-order valence-electron chi connectivity index (χ3n) is 3.16. The fourth-order valence-corrected chi connectivity index (χ4v) is 2.17. The average Bonchev–Trinajstić information content (AvgIpc) is 2.61. The molecule has 2 unspecified atom stereocenters. The Morgan fingerprint density at radius 3 is 2.59 bits per heavy atom. The van der Waals surface area contributed by atoms with Crippen LogP contribution in [-0.2, 0) is 9.53 Å². The van der Waals surface area contributed by atoms with Crippen molar-refractivity contribution >= 4 is 5.97 Å². The van der Waals surface area contributed by atoms with Gasteiger partial charge in [-0.15, -0.1) is 0 Å². The molecule has 92 valence electrons. The standard InChI is InChI=1S/C13H17NO3/c1-7-5-11(16-3)8(2)4-9(7)12-6-10(14)13(15)17-12/h4-5,10,12H,6,14H2,1-3H3. The Bertz CT molecular complexity index is 456. The largest absolute Gasteiger partial charge is 0.496 e. The number of cyclic esters (lactones) is 1. The molecule has 1 aromatic rings. The van der Waals surface area contributed by atoms with Crippen LogP contribution in [0.3, 0.4) is 0 Å². The first kappa shape index (κ1) is 11.9. The van der Waals surface area contributed by atoms with Crippen molar-refractivity contribution in [2.45, 2.75) is 32.4 Å². The molecule has 0 radical (unpaired) electrons. The van der Waals surface area contributed by atoms with E-state index in [1.807, 2.05) is 26.0 Å². The predicted molar refractivity (Wildman–Crippen MR) is 63.9 cm³/mol. The zero-order chi connectivity index (χ0) is 12.6. The molecule has 17 heavy (non-hydrogen) atoms. The number of aryl methyl sites for hydroxylation is 2. The number of hydrogen-bond donors (Lipinski definition) is 1. The minimum atomic E-state index is -0.498. The van der Waals surface area contributed by atoms with Gasteiger partial charge in [-0.3, -0.25) is 4.79 Å². The monoisotopic (exact) mass is 235 g/mol. The highest BCUT2D eigenvalue weighted by Crippen LogP contribution is 2.34. The highest BCUT2D eigenvalue weighted by Gasteiger charge is 2.33. The highest BCUT2D eigenvalue weighted by molar-refractivity contribution is 5.78. The number of benzene rings is 1. The lowest BCUT2D eigenvalue weighted by molar-refractivity contribution is -0.142. The first-order chi connectivity index (χ1) is 8.02. The number of nitrogens with two attached hydrogens (primary N) is 1. The van der Waals surface area contributed by atoms with Crippen molar-refractivity contribution in [3.05, 3.63) is 28.8 Å². The lowest BCUT2D eigenvalue weighted by Crippen LogP contribution is -2.24. The van der Waals surface area contributed by atoms with Crippen LogP contribution in [0.5, 0.6) is 5.75 Å². The fraction of sp³-hybridized carbons (Fsp3) is 0.462. The van der Waals surface area contributed by atoms with Crippen molar-refractivity contribution in [2.75, 3.05) is 7.11 Å². The van der Waals surface area contributed by atoms with E-state index in [9.17, 15) is 4.79 Å². The minimum absolute atomic E-state index is 0.220. The molecule has 2 atom stereocenters. The van der Waals surface area contributed by atoms with E-state index in [1.54, 1.807) is 7.11 Å². The second-order valence-corrected chi connectivity index (χ2v) is 4.45. The average molecular weight is 235 g/mol. The Balaban J connectivity index is 2.34. The van der Waals surface area contributed by atoms with Crippen molar-refractivity contribution in [1.82, 2.24) is 0 Å². The second kappa shape index (κ2) is 4.37. The lowest BCUT2D eigenvalue weighted by Gasteiger charge is -2.15. The molecule has 1 aliphatic heterocycles. The van der Waals surface area contributed by atoms with Gasteiger partial charge in [0.25, 0.3) is 0 Å². The first-order valence-corrected chi connectivity index (χ1v) is 5.64. The summed E-state index contributed by atoms with van der Waals surface area (Å²) in [6, 6.07) is 3.47. The molecule has 0 bridgehead atoms. The summed E-state index contributed by atoms with van der Waals surface area (Å²) in [5, 5.41) is 0. The maximum Gasteiger partial charge on any atom is 0.323 e. The summed E-state index contributed by atoms with van der Waals surface area (Å²) in [7, 11) is 1.65. The number of carbonyl (C=O) groups excluding carboxylic acids is 1. The van der Waals surface area contributed by atoms with Gasteiger partial charge < -0.3 is 15.2 Å². The van der Waals surface area contributed by atoms with Crippen molar-refractivity contribution in [3.63, 3.8) is 0 Å². The van der Waals surface area contributed by atoms with E-state index in [2.05, 4.69) is 0 Å². The number of ether oxygens (including phenoxy) is 2. The van der Waals surface area contributed by atoms with Crippen molar-refractivity contribution in [2.24, 2.45) is 5.73 Å². The van der Waals surface area contributed by atoms with Crippen LogP contribution in [0.25, 0.3) is 0 Å². The van der Waals surface area contributed by atoms with Gasteiger partial charge in [-0.25, -0.2) is 0 Å². The number of methoxy groups -OCH3 is 1. The summed E-state index contributed by atoms with van der Waals surface area (Å²) in [5.41, 5.74) is 8.76. The SMILES string of the molecule is COc1cc(C)c(C2CC(N)C(=O)O2)cc1C. The molecule has 1 aromatic carbocycles. The molecular formula is C13H17NO3. The van der Waals surface area contributed by atoms with Crippen LogP contribution in [0.15, 0.2) is 12.1 Å². The van der Waals surface area contributed by atoms with Gasteiger partial charge in [-0.1, -0.05) is 0 Å². The normalized spacial score (nSPS) is 23.6. The van der Waals surface area contributed by atoms with Crippen LogP contribution < -0.4 is 10.5 Å². The molecule has 1 aliphatic rings. The van der Waals surface area contributed by atoms with Crippen LogP contribution in [0.4, 0.5) is 0 Å². The number of carbonyl (C=O) groups is 1. The molecule has 1 heterocycles. The molecule has 0 aliphatic carbocycles. The zero-order valence-electron chi connectivity index (χ0n) is 10.3. The third kappa shape index (κ3) is 2.13. The van der Waals surface area contributed by atoms with Crippen molar-refractivity contribution in [3.8, 4) is 5.75 Å². The molecule has 0 aromatic heterocycles. The van der Waals surface area contributed by atoms with E-state index in [0.29, 0.717) is 6.42 Å². The summed E-state index contributed by atoms with van der Waals surface area (Å²) < 4.78 is 10.5. The Hall–Kier alpha value is -1.55. The third-order valence-corrected chi connectivity index (χ3v) is 3.16. The Morgan fingerprint density at radius 1 is 1.35 bits per heavy atom. The van der Waals surface area contributed by atoms with Gasteiger partial charge in [0, 0.05) is 6.42 Å². The maximum absolute atomic E-state index is 11.3. The van der Waals surface area contributed by atoms with Gasteiger partial charge in [0.05, 0.1) is 7.11 Å². The summed E-state index contributed by atoms with van der Waals surface area (Å²) in [4.78, 5) is 11.3. The quantitative estimate of drug-likeness (QED) is 0.791. The zero-order valence-corrected chi connectivity index (χ0v) is 10.3. The summed E-state index contributed by atoms with van der Waals surface area (Å²) in [5.74, 6) is 0.530. The van der Waals surface area contributed by atoms with E-state index < -0.39 is 6.04 Å².